The largest absolute Gasteiger partial charge is 0.483 e. The molecule has 2 aromatic rings. The summed E-state index contributed by atoms with van der Waals surface area (Å²) in [6.45, 7) is 4.98. The quantitative estimate of drug-likeness (QED) is 0.653. The zero-order valence-electron chi connectivity index (χ0n) is 16.8. The number of para-hydroxylation sites is 1. The zero-order chi connectivity index (χ0) is 21.4. The van der Waals surface area contributed by atoms with E-state index in [1.165, 1.54) is 17.9 Å². The van der Waals surface area contributed by atoms with Crippen LogP contribution in [0.3, 0.4) is 0 Å². The molecule has 7 heteroatoms. The van der Waals surface area contributed by atoms with Gasteiger partial charge in [0.15, 0.2) is 12.4 Å². The fraction of sp³-hybridized carbons (Fsp3) is 0.318. The number of carbonyl (C=O) groups excluding carboxylic acids is 3. The Balaban J connectivity index is 2.01. The van der Waals surface area contributed by atoms with Crippen molar-refractivity contribution in [1.29, 1.82) is 0 Å². The molecule has 0 atom stereocenters. The molecule has 2 amide bonds. The number of hydrogen-bond donors (Lipinski definition) is 1. The number of ketones is 1. The Morgan fingerprint density at radius 1 is 1.14 bits per heavy atom. The third kappa shape index (κ3) is 6.41. The van der Waals surface area contributed by atoms with Crippen molar-refractivity contribution in [3.05, 3.63) is 59.4 Å². The standard InChI is InChI=1S/C22H25FN2O4/c1-4-11-25(13-21(27)24-19-8-6-5-7-15(19)2)22(28)14-29-20-10-9-17(23)12-18(20)16(3)26/h5-10,12H,4,11,13-14H2,1-3H3,(H,24,27). The van der Waals surface area contributed by atoms with Gasteiger partial charge < -0.3 is 15.0 Å². The number of carbonyl (C=O) groups is 3. The number of hydrogen-bond acceptors (Lipinski definition) is 4. The molecule has 0 heterocycles. The molecule has 0 unspecified atom stereocenters. The van der Waals surface area contributed by atoms with Gasteiger partial charge in [-0.2, -0.15) is 0 Å². The van der Waals surface area contributed by atoms with Crippen LogP contribution in [-0.2, 0) is 9.59 Å². The van der Waals surface area contributed by atoms with Crippen molar-refractivity contribution in [3.63, 3.8) is 0 Å². The molecule has 0 saturated carbocycles. The average molecular weight is 400 g/mol. The van der Waals surface area contributed by atoms with Crippen LogP contribution in [0.4, 0.5) is 10.1 Å². The molecule has 6 nitrogen and oxygen atoms in total. The molecule has 0 fully saturated rings. The minimum atomic E-state index is -0.561. The molecule has 29 heavy (non-hydrogen) atoms. The van der Waals surface area contributed by atoms with Gasteiger partial charge in [-0.3, -0.25) is 14.4 Å². The molecule has 0 spiro atoms. The summed E-state index contributed by atoms with van der Waals surface area (Å²) in [4.78, 5) is 38.0. The number of halogens is 1. The molecular formula is C22H25FN2O4. The highest BCUT2D eigenvalue weighted by Crippen LogP contribution is 2.20. The molecule has 0 radical (unpaired) electrons. The number of aryl methyl sites for hydroxylation is 1. The molecule has 0 aliphatic rings. The first-order chi connectivity index (χ1) is 13.8. The van der Waals surface area contributed by atoms with Gasteiger partial charge in [-0.05, 0) is 50.1 Å². The van der Waals surface area contributed by atoms with Crippen LogP contribution in [0.2, 0.25) is 0 Å². The van der Waals surface area contributed by atoms with Crippen LogP contribution in [0.15, 0.2) is 42.5 Å². The monoisotopic (exact) mass is 400 g/mol. The molecule has 1 N–H and O–H groups in total. The van der Waals surface area contributed by atoms with Crippen LogP contribution in [0, 0.1) is 12.7 Å². The Morgan fingerprint density at radius 2 is 1.86 bits per heavy atom. The predicted octanol–water partition coefficient (Wildman–Crippen LogP) is 3.59. The highest BCUT2D eigenvalue weighted by atomic mass is 19.1. The van der Waals surface area contributed by atoms with Crippen molar-refractivity contribution in [3.8, 4) is 5.75 Å². The van der Waals surface area contributed by atoms with Crippen molar-refractivity contribution in [2.75, 3.05) is 25.0 Å². The number of anilines is 1. The molecule has 154 valence electrons. The average Bonchev–Trinajstić information content (AvgIpc) is 2.68. The first-order valence-corrected chi connectivity index (χ1v) is 9.38. The summed E-state index contributed by atoms with van der Waals surface area (Å²) in [5.41, 5.74) is 1.68. The third-order valence-corrected chi connectivity index (χ3v) is 4.27. The highest BCUT2D eigenvalue weighted by Gasteiger charge is 2.19. The summed E-state index contributed by atoms with van der Waals surface area (Å²) in [6, 6.07) is 10.9. The first-order valence-electron chi connectivity index (χ1n) is 9.38. The van der Waals surface area contributed by atoms with Crippen LogP contribution >= 0.6 is 0 Å². The second kappa shape index (κ2) is 10.4. The lowest BCUT2D eigenvalue weighted by Gasteiger charge is -2.22. The SMILES string of the molecule is CCCN(CC(=O)Nc1ccccc1C)C(=O)COc1ccc(F)cc1C(C)=O. The van der Waals surface area contributed by atoms with E-state index in [1.54, 1.807) is 6.07 Å². The molecule has 0 aromatic heterocycles. The fourth-order valence-electron chi connectivity index (χ4n) is 2.77. The summed E-state index contributed by atoms with van der Waals surface area (Å²) in [6.07, 6.45) is 0.665. The Kier molecular flexibility index (Phi) is 7.88. The van der Waals surface area contributed by atoms with Gasteiger partial charge in [-0.25, -0.2) is 4.39 Å². The fourth-order valence-corrected chi connectivity index (χ4v) is 2.77. The van der Waals surface area contributed by atoms with Crippen molar-refractivity contribution in [2.45, 2.75) is 27.2 Å². The lowest BCUT2D eigenvalue weighted by molar-refractivity contribution is -0.136. The second-order valence-corrected chi connectivity index (χ2v) is 6.66. The van der Waals surface area contributed by atoms with Crippen LogP contribution in [0.1, 0.15) is 36.2 Å². The summed E-state index contributed by atoms with van der Waals surface area (Å²) in [5.74, 6) is -1.50. The van der Waals surface area contributed by atoms with Crippen LogP contribution in [0.25, 0.3) is 0 Å². The van der Waals surface area contributed by atoms with Crippen LogP contribution in [0.5, 0.6) is 5.75 Å². The van der Waals surface area contributed by atoms with Gasteiger partial charge in [-0.15, -0.1) is 0 Å². The lowest BCUT2D eigenvalue weighted by atomic mass is 10.1. The van der Waals surface area contributed by atoms with Gasteiger partial charge >= 0.3 is 0 Å². The first kappa shape index (κ1) is 22.1. The molecule has 0 aliphatic carbocycles. The number of ether oxygens (including phenoxy) is 1. The van der Waals surface area contributed by atoms with Crippen molar-refractivity contribution < 1.29 is 23.5 Å². The normalized spacial score (nSPS) is 10.3. The Labute approximate surface area is 169 Å². The minimum Gasteiger partial charge on any atom is -0.483 e. The molecular weight excluding hydrogens is 375 g/mol. The number of rotatable bonds is 9. The zero-order valence-corrected chi connectivity index (χ0v) is 16.8. The topological polar surface area (TPSA) is 75.7 Å². The van der Waals surface area contributed by atoms with Gasteiger partial charge in [0.2, 0.25) is 5.91 Å². The summed E-state index contributed by atoms with van der Waals surface area (Å²) < 4.78 is 18.8. The molecule has 2 rings (SSSR count). The van der Waals surface area contributed by atoms with Crippen molar-refractivity contribution >= 4 is 23.3 Å². The van der Waals surface area contributed by atoms with E-state index in [4.69, 9.17) is 4.74 Å². The van der Waals surface area contributed by atoms with E-state index in [0.29, 0.717) is 18.7 Å². The van der Waals surface area contributed by atoms with Gasteiger partial charge in [0, 0.05) is 12.2 Å². The van der Waals surface area contributed by atoms with E-state index >= 15 is 0 Å². The predicted molar refractivity (Wildman–Crippen MR) is 109 cm³/mol. The lowest BCUT2D eigenvalue weighted by Crippen LogP contribution is -2.41. The Hall–Kier alpha value is -3.22. The number of Topliss-reactive ketones (excluding diaryl/α,β-unsaturated/α-hetero) is 1. The van der Waals surface area contributed by atoms with E-state index in [2.05, 4.69) is 5.32 Å². The number of benzene rings is 2. The number of amides is 2. The van der Waals surface area contributed by atoms with E-state index in [9.17, 15) is 18.8 Å². The van der Waals surface area contributed by atoms with Gasteiger partial charge in [0.25, 0.3) is 5.91 Å². The Bertz CT molecular complexity index is 898. The van der Waals surface area contributed by atoms with E-state index < -0.39 is 11.7 Å². The van der Waals surface area contributed by atoms with Gasteiger partial charge in [0.05, 0.1) is 12.1 Å². The van der Waals surface area contributed by atoms with Gasteiger partial charge in [-0.1, -0.05) is 25.1 Å². The Morgan fingerprint density at radius 3 is 2.52 bits per heavy atom. The molecule has 0 bridgehead atoms. The van der Waals surface area contributed by atoms with Crippen LogP contribution < -0.4 is 10.1 Å². The molecule has 0 saturated heterocycles. The maximum Gasteiger partial charge on any atom is 0.260 e. The maximum absolute atomic E-state index is 13.4. The number of nitrogens with zero attached hydrogens (tertiary/aromatic N) is 1. The van der Waals surface area contributed by atoms with Crippen LogP contribution in [-0.4, -0.2) is 42.2 Å². The summed E-state index contributed by atoms with van der Waals surface area (Å²) in [5, 5.41) is 2.80. The summed E-state index contributed by atoms with van der Waals surface area (Å²) >= 11 is 0. The summed E-state index contributed by atoms with van der Waals surface area (Å²) in [7, 11) is 0. The second-order valence-electron chi connectivity index (χ2n) is 6.66. The van der Waals surface area contributed by atoms with E-state index in [0.717, 1.165) is 17.7 Å². The highest BCUT2D eigenvalue weighted by molar-refractivity contribution is 5.97. The smallest absolute Gasteiger partial charge is 0.260 e. The van der Waals surface area contributed by atoms with Crippen molar-refractivity contribution in [2.24, 2.45) is 0 Å². The molecule has 2 aromatic carbocycles. The number of nitrogens with one attached hydrogen (secondary N) is 1. The van der Waals surface area contributed by atoms with E-state index in [-0.39, 0.29) is 36.2 Å². The minimum absolute atomic E-state index is 0.0668. The third-order valence-electron chi connectivity index (χ3n) is 4.27. The van der Waals surface area contributed by atoms with E-state index in [1.807, 2.05) is 32.0 Å². The van der Waals surface area contributed by atoms with Crippen molar-refractivity contribution in [1.82, 2.24) is 4.90 Å². The maximum atomic E-state index is 13.4. The molecule has 0 aliphatic heterocycles. The van der Waals surface area contributed by atoms with Gasteiger partial charge in [0.1, 0.15) is 11.6 Å².